The van der Waals surface area contributed by atoms with Gasteiger partial charge in [0.2, 0.25) is 0 Å². The molecule has 0 saturated carbocycles. The predicted octanol–water partition coefficient (Wildman–Crippen LogP) is 2.47. The van der Waals surface area contributed by atoms with Gasteiger partial charge in [-0.15, -0.1) is 0 Å². The van der Waals surface area contributed by atoms with E-state index in [4.69, 9.17) is 5.73 Å². The molecule has 0 radical (unpaired) electrons. The summed E-state index contributed by atoms with van der Waals surface area (Å²) in [6.07, 6.45) is 3.20. The Bertz CT molecular complexity index is 454. The van der Waals surface area contributed by atoms with Crippen LogP contribution < -0.4 is 10.6 Å². The van der Waals surface area contributed by atoms with Crippen LogP contribution in [0.15, 0.2) is 18.2 Å². The third kappa shape index (κ3) is 3.23. The van der Waals surface area contributed by atoms with Gasteiger partial charge in [-0.25, -0.2) is 0 Å². The Morgan fingerprint density at radius 1 is 1.42 bits per heavy atom. The molecule has 2 rings (SSSR count). The average molecular weight is 263 g/mol. The highest BCUT2D eigenvalue weighted by Crippen LogP contribution is 2.32. The quantitative estimate of drug-likeness (QED) is 0.669. The van der Waals surface area contributed by atoms with E-state index in [2.05, 4.69) is 4.90 Å². The topological polar surface area (TPSA) is 72.4 Å². The van der Waals surface area contributed by atoms with E-state index >= 15 is 0 Å². The lowest BCUT2D eigenvalue weighted by atomic mass is 9.93. The van der Waals surface area contributed by atoms with Crippen LogP contribution in [-0.2, 0) is 0 Å². The fourth-order valence-electron chi connectivity index (χ4n) is 2.75. The summed E-state index contributed by atoms with van der Waals surface area (Å²) in [6, 6.07) is 5.46. The molecule has 0 aromatic heterocycles. The first-order valence-corrected chi connectivity index (χ1v) is 6.82. The Balaban J connectivity index is 2.13. The van der Waals surface area contributed by atoms with Crippen LogP contribution in [0, 0.1) is 23.0 Å². The maximum absolute atomic E-state index is 11.1. The van der Waals surface area contributed by atoms with E-state index in [9.17, 15) is 10.1 Å². The number of nitrogens with two attached hydrogens (primary N) is 1. The van der Waals surface area contributed by atoms with Crippen molar-refractivity contribution >= 4 is 11.4 Å². The van der Waals surface area contributed by atoms with Crippen molar-refractivity contribution in [2.45, 2.75) is 26.2 Å². The van der Waals surface area contributed by atoms with Crippen LogP contribution >= 0.6 is 0 Å². The smallest absolute Gasteiger partial charge is 0.292 e. The maximum atomic E-state index is 11.1. The SMILES string of the molecule is Cc1ccc(N2CCC(CCN)CC2)c([N+](=O)[O-])c1. The molecule has 5 nitrogen and oxygen atoms in total. The van der Waals surface area contributed by atoms with Crippen molar-refractivity contribution < 1.29 is 4.92 Å². The van der Waals surface area contributed by atoms with Crippen LogP contribution in [0.25, 0.3) is 0 Å². The minimum absolute atomic E-state index is 0.220. The summed E-state index contributed by atoms with van der Waals surface area (Å²) in [7, 11) is 0. The molecule has 0 unspecified atom stereocenters. The molecular formula is C14H21N3O2. The van der Waals surface area contributed by atoms with Gasteiger partial charge in [0.1, 0.15) is 5.69 Å². The molecule has 2 N–H and O–H groups in total. The highest BCUT2D eigenvalue weighted by Gasteiger charge is 2.24. The molecule has 0 amide bonds. The Hall–Kier alpha value is -1.62. The van der Waals surface area contributed by atoms with Crippen LogP contribution in [0.2, 0.25) is 0 Å². The summed E-state index contributed by atoms with van der Waals surface area (Å²) < 4.78 is 0. The first-order valence-electron chi connectivity index (χ1n) is 6.82. The van der Waals surface area contributed by atoms with Gasteiger partial charge in [0, 0.05) is 19.2 Å². The van der Waals surface area contributed by atoms with Gasteiger partial charge in [-0.05, 0) is 50.3 Å². The summed E-state index contributed by atoms with van der Waals surface area (Å²) in [5.74, 6) is 0.672. The number of anilines is 1. The second kappa shape index (κ2) is 6.02. The number of hydrogen-bond acceptors (Lipinski definition) is 4. The van der Waals surface area contributed by atoms with E-state index < -0.39 is 0 Å². The van der Waals surface area contributed by atoms with Crippen molar-refractivity contribution in [2.75, 3.05) is 24.5 Å². The zero-order chi connectivity index (χ0) is 13.8. The van der Waals surface area contributed by atoms with Crippen LogP contribution in [0.4, 0.5) is 11.4 Å². The van der Waals surface area contributed by atoms with Gasteiger partial charge in [0.15, 0.2) is 0 Å². The molecule has 19 heavy (non-hydrogen) atoms. The van der Waals surface area contributed by atoms with E-state index in [1.165, 1.54) is 0 Å². The molecule has 1 saturated heterocycles. The second-order valence-corrected chi connectivity index (χ2v) is 5.26. The van der Waals surface area contributed by atoms with Crippen LogP contribution in [0.3, 0.4) is 0 Å². The van der Waals surface area contributed by atoms with Gasteiger partial charge in [0.25, 0.3) is 5.69 Å². The van der Waals surface area contributed by atoms with Crippen molar-refractivity contribution in [3.05, 3.63) is 33.9 Å². The van der Waals surface area contributed by atoms with Gasteiger partial charge >= 0.3 is 0 Å². The molecule has 1 aliphatic rings. The maximum Gasteiger partial charge on any atom is 0.292 e. The van der Waals surface area contributed by atoms with Crippen molar-refractivity contribution in [1.82, 2.24) is 0 Å². The highest BCUT2D eigenvalue weighted by atomic mass is 16.6. The number of nitrogens with zero attached hydrogens (tertiary/aromatic N) is 2. The zero-order valence-electron chi connectivity index (χ0n) is 11.3. The van der Waals surface area contributed by atoms with E-state index in [0.717, 1.165) is 50.1 Å². The van der Waals surface area contributed by atoms with E-state index in [0.29, 0.717) is 5.92 Å². The molecule has 1 aromatic rings. The number of nitro benzene ring substituents is 1. The van der Waals surface area contributed by atoms with Gasteiger partial charge in [-0.2, -0.15) is 0 Å². The molecule has 0 aliphatic carbocycles. The molecular weight excluding hydrogens is 242 g/mol. The number of hydrogen-bond donors (Lipinski definition) is 1. The van der Waals surface area contributed by atoms with Crippen molar-refractivity contribution in [1.29, 1.82) is 0 Å². The number of benzene rings is 1. The Morgan fingerprint density at radius 3 is 2.68 bits per heavy atom. The second-order valence-electron chi connectivity index (χ2n) is 5.26. The van der Waals surface area contributed by atoms with E-state index in [-0.39, 0.29) is 10.6 Å². The largest absolute Gasteiger partial charge is 0.366 e. The minimum Gasteiger partial charge on any atom is -0.366 e. The van der Waals surface area contributed by atoms with E-state index in [1.54, 1.807) is 6.07 Å². The number of nitro groups is 1. The van der Waals surface area contributed by atoms with Gasteiger partial charge in [0.05, 0.1) is 4.92 Å². The summed E-state index contributed by atoms with van der Waals surface area (Å²) in [5.41, 5.74) is 7.48. The van der Waals surface area contributed by atoms with Crippen LogP contribution in [-0.4, -0.2) is 24.6 Å². The monoisotopic (exact) mass is 263 g/mol. The summed E-state index contributed by atoms with van der Waals surface area (Å²) in [6.45, 7) is 4.38. The molecule has 0 atom stereocenters. The van der Waals surface area contributed by atoms with Crippen LogP contribution in [0.1, 0.15) is 24.8 Å². The fraction of sp³-hybridized carbons (Fsp3) is 0.571. The van der Waals surface area contributed by atoms with Crippen molar-refractivity contribution in [3.63, 3.8) is 0 Å². The standard InChI is InChI=1S/C14H21N3O2/c1-11-2-3-13(14(10-11)17(18)19)16-8-5-12(4-7-15)6-9-16/h2-3,10,12H,4-9,15H2,1H3. The number of aryl methyl sites for hydroxylation is 1. The van der Waals surface area contributed by atoms with Crippen molar-refractivity contribution in [2.24, 2.45) is 11.7 Å². The lowest BCUT2D eigenvalue weighted by Crippen LogP contribution is -2.34. The van der Waals surface area contributed by atoms with Gasteiger partial charge < -0.3 is 10.6 Å². The third-order valence-electron chi connectivity index (χ3n) is 3.86. The number of piperidine rings is 1. The first-order chi connectivity index (χ1) is 9.11. The van der Waals surface area contributed by atoms with Crippen molar-refractivity contribution in [3.8, 4) is 0 Å². The van der Waals surface area contributed by atoms with Crippen LogP contribution in [0.5, 0.6) is 0 Å². The first kappa shape index (κ1) is 13.8. The van der Waals surface area contributed by atoms with E-state index in [1.807, 2.05) is 19.1 Å². The molecule has 104 valence electrons. The third-order valence-corrected chi connectivity index (χ3v) is 3.86. The lowest BCUT2D eigenvalue weighted by Gasteiger charge is -2.33. The highest BCUT2D eigenvalue weighted by molar-refractivity contribution is 5.64. The Kier molecular flexibility index (Phi) is 4.37. The summed E-state index contributed by atoms with van der Waals surface area (Å²) in [5, 5.41) is 11.1. The lowest BCUT2D eigenvalue weighted by molar-refractivity contribution is -0.384. The fourth-order valence-corrected chi connectivity index (χ4v) is 2.75. The molecule has 1 fully saturated rings. The predicted molar refractivity (Wildman–Crippen MR) is 76.4 cm³/mol. The van der Waals surface area contributed by atoms with Gasteiger partial charge in [-0.1, -0.05) is 6.07 Å². The Morgan fingerprint density at radius 2 is 2.11 bits per heavy atom. The summed E-state index contributed by atoms with van der Waals surface area (Å²) in [4.78, 5) is 13.0. The zero-order valence-corrected chi connectivity index (χ0v) is 11.3. The van der Waals surface area contributed by atoms with Gasteiger partial charge in [-0.3, -0.25) is 10.1 Å². The Labute approximate surface area is 113 Å². The molecule has 0 spiro atoms. The normalized spacial score (nSPS) is 16.6. The minimum atomic E-state index is -0.283. The molecule has 5 heteroatoms. The average Bonchev–Trinajstić information content (AvgIpc) is 2.40. The number of rotatable bonds is 4. The molecule has 1 heterocycles. The molecule has 1 aromatic carbocycles. The molecule has 0 bridgehead atoms. The summed E-state index contributed by atoms with van der Waals surface area (Å²) >= 11 is 0. The molecule has 1 aliphatic heterocycles.